The molecule has 0 bridgehead atoms. The third kappa shape index (κ3) is 2.79. The number of hydrazine groups is 1. The lowest BCUT2D eigenvalue weighted by Gasteiger charge is -2.10. The fraction of sp³-hybridized carbons (Fsp3) is 0.222. The number of carbonyl (C=O) groups excluding carboxylic acids is 1. The SMILES string of the molecule is CC(NN)C(=O)Nc1cccc(F)c1. The Kier molecular flexibility index (Phi) is 3.55. The molecule has 0 aliphatic carbocycles. The minimum Gasteiger partial charge on any atom is -0.325 e. The highest BCUT2D eigenvalue weighted by Gasteiger charge is 2.10. The molecule has 0 fully saturated rings. The van der Waals surface area contributed by atoms with Crippen molar-refractivity contribution in [2.24, 2.45) is 5.84 Å². The first-order valence-electron chi connectivity index (χ1n) is 4.16. The van der Waals surface area contributed by atoms with Gasteiger partial charge in [0.05, 0.1) is 6.04 Å². The average Bonchev–Trinajstić information content (AvgIpc) is 2.16. The number of nitrogens with one attached hydrogen (secondary N) is 2. The van der Waals surface area contributed by atoms with E-state index in [2.05, 4.69) is 10.7 Å². The van der Waals surface area contributed by atoms with Crippen LogP contribution >= 0.6 is 0 Å². The van der Waals surface area contributed by atoms with Crippen molar-refractivity contribution in [1.82, 2.24) is 5.43 Å². The third-order valence-electron chi connectivity index (χ3n) is 1.74. The van der Waals surface area contributed by atoms with Crippen molar-refractivity contribution >= 4 is 11.6 Å². The summed E-state index contributed by atoms with van der Waals surface area (Å²) in [5.41, 5.74) is 2.71. The summed E-state index contributed by atoms with van der Waals surface area (Å²) in [5, 5.41) is 2.51. The van der Waals surface area contributed by atoms with Crippen LogP contribution in [-0.4, -0.2) is 11.9 Å². The molecule has 0 saturated heterocycles. The molecule has 1 aromatic rings. The van der Waals surface area contributed by atoms with E-state index in [0.717, 1.165) is 0 Å². The molecule has 1 amide bonds. The summed E-state index contributed by atoms with van der Waals surface area (Å²) in [6, 6.07) is 5.15. The standard InChI is InChI=1S/C9H12FN3O/c1-6(13-11)9(14)12-8-4-2-3-7(10)5-8/h2-6,13H,11H2,1H3,(H,12,14). The Morgan fingerprint density at radius 1 is 1.57 bits per heavy atom. The van der Waals surface area contributed by atoms with Crippen LogP contribution in [0.3, 0.4) is 0 Å². The molecule has 4 nitrogen and oxygen atoms in total. The number of amides is 1. The lowest BCUT2D eigenvalue weighted by molar-refractivity contribution is -0.117. The molecule has 14 heavy (non-hydrogen) atoms. The highest BCUT2D eigenvalue weighted by molar-refractivity contribution is 5.94. The van der Waals surface area contributed by atoms with Crippen LogP contribution in [0.25, 0.3) is 0 Å². The minimum atomic E-state index is -0.515. The number of rotatable bonds is 3. The number of anilines is 1. The van der Waals surface area contributed by atoms with Crippen LogP contribution in [0.5, 0.6) is 0 Å². The van der Waals surface area contributed by atoms with Crippen molar-refractivity contribution in [3.05, 3.63) is 30.1 Å². The summed E-state index contributed by atoms with van der Waals surface area (Å²) in [4.78, 5) is 11.3. The number of carbonyl (C=O) groups is 1. The van der Waals surface area contributed by atoms with Gasteiger partial charge in [-0.1, -0.05) is 6.07 Å². The van der Waals surface area contributed by atoms with Gasteiger partial charge in [-0.25, -0.2) is 9.82 Å². The Morgan fingerprint density at radius 3 is 2.86 bits per heavy atom. The summed E-state index contributed by atoms with van der Waals surface area (Å²) in [5.74, 6) is 4.37. The van der Waals surface area contributed by atoms with E-state index in [0.29, 0.717) is 5.69 Å². The zero-order valence-electron chi connectivity index (χ0n) is 7.75. The molecule has 4 N–H and O–H groups in total. The Hall–Kier alpha value is -1.46. The highest BCUT2D eigenvalue weighted by atomic mass is 19.1. The number of hydrogen-bond donors (Lipinski definition) is 3. The fourth-order valence-corrected chi connectivity index (χ4v) is 0.892. The smallest absolute Gasteiger partial charge is 0.242 e. The maximum Gasteiger partial charge on any atom is 0.242 e. The molecule has 1 unspecified atom stereocenters. The van der Waals surface area contributed by atoms with Crippen LogP contribution < -0.4 is 16.6 Å². The maximum atomic E-state index is 12.7. The zero-order chi connectivity index (χ0) is 10.6. The number of benzene rings is 1. The van der Waals surface area contributed by atoms with E-state index in [9.17, 15) is 9.18 Å². The van der Waals surface area contributed by atoms with Crippen LogP contribution in [0.2, 0.25) is 0 Å². The first kappa shape index (κ1) is 10.6. The molecule has 0 aliphatic heterocycles. The summed E-state index contributed by atoms with van der Waals surface area (Å²) < 4.78 is 12.7. The second-order valence-electron chi connectivity index (χ2n) is 2.89. The van der Waals surface area contributed by atoms with Crippen LogP contribution in [0.1, 0.15) is 6.92 Å². The van der Waals surface area contributed by atoms with Gasteiger partial charge in [-0.2, -0.15) is 0 Å². The molecule has 76 valence electrons. The summed E-state index contributed by atoms with van der Waals surface area (Å²) in [6.45, 7) is 1.61. The van der Waals surface area contributed by atoms with E-state index in [-0.39, 0.29) is 5.91 Å². The second kappa shape index (κ2) is 4.69. The highest BCUT2D eigenvalue weighted by Crippen LogP contribution is 2.08. The van der Waals surface area contributed by atoms with Crippen LogP contribution in [0.4, 0.5) is 10.1 Å². The lowest BCUT2D eigenvalue weighted by Crippen LogP contribution is -2.42. The average molecular weight is 197 g/mol. The molecule has 0 spiro atoms. The van der Waals surface area contributed by atoms with Gasteiger partial charge in [0.25, 0.3) is 0 Å². The van der Waals surface area contributed by atoms with E-state index in [4.69, 9.17) is 5.84 Å². The Labute approximate surface area is 81.3 Å². The van der Waals surface area contributed by atoms with Gasteiger partial charge in [0.2, 0.25) is 5.91 Å². The molecule has 0 aliphatic rings. The number of nitrogens with two attached hydrogens (primary N) is 1. The molecule has 5 heteroatoms. The van der Waals surface area contributed by atoms with Crippen molar-refractivity contribution in [1.29, 1.82) is 0 Å². The molecule has 1 aromatic carbocycles. The molecule has 0 aromatic heterocycles. The molecular weight excluding hydrogens is 185 g/mol. The van der Waals surface area contributed by atoms with E-state index < -0.39 is 11.9 Å². The molecule has 0 saturated carbocycles. The van der Waals surface area contributed by atoms with E-state index in [1.807, 2.05) is 0 Å². The third-order valence-corrected chi connectivity index (χ3v) is 1.74. The summed E-state index contributed by atoms with van der Waals surface area (Å²) >= 11 is 0. The van der Waals surface area contributed by atoms with Gasteiger partial charge in [0.15, 0.2) is 0 Å². The molecular formula is C9H12FN3O. The largest absolute Gasteiger partial charge is 0.325 e. The monoisotopic (exact) mass is 197 g/mol. The number of hydrogen-bond acceptors (Lipinski definition) is 3. The van der Waals surface area contributed by atoms with Gasteiger partial charge in [-0.3, -0.25) is 10.6 Å². The normalized spacial score (nSPS) is 12.2. The molecule has 1 atom stereocenters. The van der Waals surface area contributed by atoms with Gasteiger partial charge in [0, 0.05) is 5.69 Å². The fourth-order valence-electron chi connectivity index (χ4n) is 0.892. The summed E-state index contributed by atoms with van der Waals surface area (Å²) in [6.07, 6.45) is 0. The molecule has 0 radical (unpaired) electrons. The quantitative estimate of drug-likeness (QED) is 0.491. The Balaban J connectivity index is 2.65. The van der Waals surface area contributed by atoms with Crippen molar-refractivity contribution in [2.75, 3.05) is 5.32 Å². The topological polar surface area (TPSA) is 67.1 Å². The van der Waals surface area contributed by atoms with Crippen LogP contribution in [-0.2, 0) is 4.79 Å². The predicted molar refractivity (Wildman–Crippen MR) is 51.8 cm³/mol. The van der Waals surface area contributed by atoms with E-state index >= 15 is 0 Å². The van der Waals surface area contributed by atoms with Crippen molar-refractivity contribution in [2.45, 2.75) is 13.0 Å². The van der Waals surface area contributed by atoms with Gasteiger partial charge < -0.3 is 5.32 Å². The van der Waals surface area contributed by atoms with Gasteiger partial charge in [-0.05, 0) is 25.1 Å². The van der Waals surface area contributed by atoms with Gasteiger partial charge in [-0.15, -0.1) is 0 Å². The van der Waals surface area contributed by atoms with Crippen molar-refractivity contribution in [3.8, 4) is 0 Å². The molecule has 0 heterocycles. The zero-order valence-corrected chi connectivity index (χ0v) is 7.75. The van der Waals surface area contributed by atoms with Crippen molar-refractivity contribution < 1.29 is 9.18 Å². The number of halogens is 1. The first-order valence-corrected chi connectivity index (χ1v) is 4.16. The summed E-state index contributed by atoms with van der Waals surface area (Å²) in [7, 11) is 0. The van der Waals surface area contributed by atoms with Crippen LogP contribution in [0.15, 0.2) is 24.3 Å². The first-order chi connectivity index (χ1) is 6.63. The Bertz CT molecular complexity index is 330. The van der Waals surface area contributed by atoms with Crippen LogP contribution in [0, 0.1) is 5.82 Å². The predicted octanol–water partition coefficient (Wildman–Crippen LogP) is 0.616. The van der Waals surface area contributed by atoms with E-state index in [1.54, 1.807) is 13.0 Å². The van der Waals surface area contributed by atoms with Gasteiger partial charge in [0.1, 0.15) is 5.82 Å². The lowest BCUT2D eigenvalue weighted by atomic mass is 10.3. The second-order valence-corrected chi connectivity index (χ2v) is 2.89. The van der Waals surface area contributed by atoms with Crippen molar-refractivity contribution in [3.63, 3.8) is 0 Å². The van der Waals surface area contributed by atoms with E-state index in [1.165, 1.54) is 18.2 Å². The van der Waals surface area contributed by atoms with Gasteiger partial charge >= 0.3 is 0 Å². The Morgan fingerprint density at radius 2 is 2.29 bits per heavy atom. The minimum absolute atomic E-state index is 0.307. The maximum absolute atomic E-state index is 12.7. The molecule has 1 rings (SSSR count).